The van der Waals surface area contributed by atoms with Crippen LogP contribution in [0.1, 0.15) is 52.6 Å². The molecular weight excluding hydrogens is 324 g/mol. The molecule has 1 atom stereocenters. The van der Waals surface area contributed by atoms with Crippen LogP contribution in [0, 0.1) is 34.6 Å². The van der Waals surface area contributed by atoms with Crippen molar-refractivity contribution in [3.05, 3.63) is 45.8 Å². The monoisotopic (exact) mass is 348 g/mol. The molecule has 0 unspecified atom stereocenters. The molecule has 1 aromatic heterocycles. The molecule has 5 nitrogen and oxygen atoms in total. The lowest BCUT2D eigenvalue weighted by Crippen LogP contribution is -2.32. The molecule has 0 amide bonds. The minimum absolute atomic E-state index is 0.193. The predicted molar refractivity (Wildman–Crippen MR) is 92.5 cm³/mol. The van der Waals surface area contributed by atoms with Crippen molar-refractivity contribution in [3.8, 4) is 0 Å². The highest BCUT2D eigenvalue weighted by Crippen LogP contribution is 2.40. The molecule has 1 saturated heterocycles. The second-order valence-electron chi connectivity index (χ2n) is 6.74. The van der Waals surface area contributed by atoms with Gasteiger partial charge in [0.1, 0.15) is 5.76 Å². The molecule has 6 heteroatoms. The summed E-state index contributed by atoms with van der Waals surface area (Å²) < 4.78 is 33.7. The molecule has 1 fully saturated rings. The Morgan fingerprint density at radius 2 is 1.75 bits per heavy atom. The van der Waals surface area contributed by atoms with E-state index >= 15 is 0 Å². The van der Waals surface area contributed by atoms with Crippen LogP contribution in [0.5, 0.6) is 0 Å². The minimum atomic E-state index is -3.56. The number of rotatable bonds is 3. The maximum absolute atomic E-state index is 13.4. The summed E-state index contributed by atoms with van der Waals surface area (Å²) in [5, 5.41) is 4.00. The fourth-order valence-electron chi connectivity index (χ4n) is 3.97. The van der Waals surface area contributed by atoms with Crippen LogP contribution in [-0.4, -0.2) is 24.4 Å². The summed E-state index contributed by atoms with van der Waals surface area (Å²) in [6, 6.07) is 3.67. The van der Waals surface area contributed by atoms with Gasteiger partial charge in [0.25, 0.3) is 0 Å². The Hall–Kier alpha value is -1.66. The lowest BCUT2D eigenvalue weighted by atomic mass is 10.0. The van der Waals surface area contributed by atoms with Gasteiger partial charge in [0.2, 0.25) is 10.0 Å². The molecule has 1 aliphatic heterocycles. The average molecular weight is 348 g/mol. The van der Waals surface area contributed by atoms with E-state index in [2.05, 4.69) is 5.16 Å². The molecular formula is C18H24N2O3S. The van der Waals surface area contributed by atoms with E-state index < -0.39 is 10.0 Å². The summed E-state index contributed by atoms with van der Waals surface area (Å²) in [4.78, 5) is 0.437. The van der Waals surface area contributed by atoms with Gasteiger partial charge in [0.05, 0.1) is 16.6 Å². The molecule has 0 radical (unpaired) electrons. The van der Waals surface area contributed by atoms with E-state index in [1.165, 1.54) is 0 Å². The fraction of sp³-hybridized carbons (Fsp3) is 0.500. The van der Waals surface area contributed by atoms with Crippen LogP contribution in [0.25, 0.3) is 0 Å². The molecule has 24 heavy (non-hydrogen) atoms. The van der Waals surface area contributed by atoms with Gasteiger partial charge in [0, 0.05) is 12.1 Å². The van der Waals surface area contributed by atoms with E-state index in [1.54, 1.807) is 4.31 Å². The Kier molecular flexibility index (Phi) is 4.30. The SMILES string of the molecule is Cc1cc(C)c(S(=O)(=O)N2CCC[C@@H]2c2c(C)noc2C)c(C)c1. The summed E-state index contributed by atoms with van der Waals surface area (Å²) in [6.45, 7) is 9.97. The maximum atomic E-state index is 13.4. The van der Waals surface area contributed by atoms with Crippen molar-refractivity contribution in [3.63, 3.8) is 0 Å². The van der Waals surface area contributed by atoms with Crippen LogP contribution in [0.4, 0.5) is 0 Å². The smallest absolute Gasteiger partial charge is 0.244 e. The fourth-order valence-corrected chi connectivity index (χ4v) is 6.05. The molecule has 1 aliphatic rings. The quantitative estimate of drug-likeness (QED) is 0.847. The Labute approximate surface area is 143 Å². The molecule has 3 rings (SSSR count). The van der Waals surface area contributed by atoms with Gasteiger partial charge in [-0.1, -0.05) is 22.9 Å². The summed E-state index contributed by atoms with van der Waals surface area (Å²) >= 11 is 0. The first kappa shape index (κ1) is 17.2. The number of nitrogens with zero attached hydrogens (tertiary/aromatic N) is 2. The van der Waals surface area contributed by atoms with Crippen molar-refractivity contribution in [1.29, 1.82) is 0 Å². The number of benzene rings is 1. The summed E-state index contributed by atoms with van der Waals surface area (Å²) in [5.41, 5.74) is 4.37. The van der Waals surface area contributed by atoms with Crippen molar-refractivity contribution >= 4 is 10.0 Å². The summed E-state index contributed by atoms with van der Waals surface area (Å²) in [7, 11) is -3.56. The third kappa shape index (κ3) is 2.67. The lowest BCUT2D eigenvalue weighted by Gasteiger charge is -2.26. The highest BCUT2D eigenvalue weighted by molar-refractivity contribution is 7.89. The summed E-state index contributed by atoms with van der Waals surface area (Å²) in [6.07, 6.45) is 1.64. The third-order valence-corrected chi connectivity index (χ3v) is 7.01. The standard InChI is InChI=1S/C18H24N2O3S/c1-11-9-12(2)18(13(3)10-11)24(21,22)20-8-6-7-16(20)17-14(4)19-23-15(17)5/h9-10,16H,6-8H2,1-5H3/t16-/m1/s1. The van der Waals surface area contributed by atoms with E-state index in [9.17, 15) is 8.42 Å². The van der Waals surface area contributed by atoms with Crippen molar-refractivity contribution in [2.75, 3.05) is 6.54 Å². The van der Waals surface area contributed by atoms with Gasteiger partial charge >= 0.3 is 0 Å². The van der Waals surface area contributed by atoms with Crippen LogP contribution in [0.3, 0.4) is 0 Å². The Morgan fingerprint density at radius 3 is 2.29 bits per heavy atom. The number of hydrogen-bond acceptors (Lipinski definition) is 4. The van der Waals surface area contributed by atoms with Crippen LogP contribution in [-0.2, 0) is 10.0 Å². The van der Waals surface area contributed by atoms with E-state index in [-0.39, 0.29) is 6.04 Å². The zero-order valence-corrected chi connectivity index (χ0v) is 15.7. The zero-order valence-electron chi connectivity index (χ0n) is 14.9. The van der Waals surface area contributed by atoms with Crippen molar-refractivity contribution in [2.24, 2.45) is 0 Å². The zero-order chi connectivity index (χ0) is 17.6. The van der Waals surface area contributed by atoms with Gasteiger partial charge < -0.3 is 4.52 Å². The third-order valence-electron chi connectivity index (χ3n) is 4.80. The van der Waals surface area contributed by atoms with Crippen molar-refractivity contribution in [2.45, 2.75) is 58.4 Å². The Balaban J connectivity index is 2.10. The predicted octanol–water partition coefficient (Wildman–Crippen LogP) is 3.74. The second-order valence-corrected chi connectivity index (χ2v) is 8.57. The van der Waals surface area contributed by atoms with Crippen molar-refractivity contribution in [1.82, 2.24) is 9.46 Å². The Morgan fingerprint density at radius 1 is 1.12 bits per heavy atom. The molecule has 2 aromatic rings. The van der Waals surface area contributed by atoms with Gasteiger partial charge in [-0.3, -0.25) is 0 Å². The Bertz CT molecular complexity index is 841. The number of sulfonamides is 1. The molecule has 0 N–H and O–H groups in total. The highest BCUT2D eigenvalue weighted by Gasteiger charge is 2.39. The average Bonchev–Trinajstić information content (AvgIpc) is 3.04. The van der Waals surface area contributed by atoms with Crippen LogP contribution in [0.2, 0.25) is 0 Å². The second kappa shape index (κ2) is 6.01. The van der Waals surface area contributed by atoms with E-state index in [0.717, 1.165) is 40.8 Å². The van der Waals surface area contributed by atoms with Crippen LogP contribution in [0.15, 0.2) is 21.6 Å². The normalized spacial score (nSPS) is 19.1. The van der Waals surface area contributed by atoms with E-state index in [1.807, 2.05) is 46.8 Å². The van der Waals surface area contributed by atoms with Gasteiger partial charge in [-0.2, -0.15) is 4.31 Å². The minimum Gasteiger partial charge on any atom is -0.361 e. The van der Waals surface area contributed by atoms with E-state index in [0.29, 0.717) is 17.2 Å². The molecule has 0 spiro atoms. The van der Waals surface area contributed by atoms with Gasteiger partial charge in [-0.25, -0.2) is 8.42 Å². The topological polar surface area (TPSA) is 63.4 Å². The van der Waals surface area contributed by atoms with Gasteiger partial charge in [0.15, 0.2) is 0 Å². The van der Waals surface area contributed by atoms with Gasteiger partial charge in [-0.15, -0.1) is 0 Å². The first-order valence-electron chi connectivity index (χ1n) is 8.26. The number of aryl methyl sites for hydroxylation is 5. The lowest BCUT2D eigenvalue weighted by molar-refractivity contribution is 0.376. The maximum Gasteiger partial charge on any atom is 0.244 e. The van der Waals surface area contributed by atoms with Crippen LogP contribution >= 0.6 is 0 Å². The number of hydrogen-bond donors (Lipinski definition) is 0. The molecule has 2 heterocycles. The first-order chi connectivity index (χ1) is 11.2. The molecule has 0 saturated carbocycles. The van der Waals surface area contributed by atoms with Crippen LogP contribution < -0.4 is 0 Å². The highest BCUT2D eigenvalue weighted by atomic mass is 32.2. The molecule has 0 bridgehead atoms. The first-order valence-corrected chi connectivity index (χ1v) is 9.70. The molecule has 0 aliphatic carbocycles. The van der Waals surface area contributed by atoms with Gasteiger partial charge in [-0.05, 0) is 58.6 Å². The van der Waals surface area contributed by atoms with E-state index in [4.69, 9.17) is 4.52 Å². The summed E-state index contributed by atoms with van der Waals surface area (Å²) in [5.74, 6) is 0.706. The van der Waals surface area contributed by atoms with Crippen molar-refractivity contribution < 1.29 is 12.9 Å². The molecule has 1 aromatic carbocycles. The molecule has 130 valence electrons. The largest absolute Gasteiger partial charge is 0.361 e. The number of aromatic nitrogens is 1.